The molecule has 1 aromatic carbocycles. The third-order valence-corrected chi connectivity index (χ3v) is 6.29. The van der Waals surface area contributed by atoms with E-state index in [0.717, 1.165) is 0 Å². The van der Waals surface area contributed by atoms with E-state index in [-0.39, 0.29) is 40.8 Å². The van der Waals surface area contributed by atoms with E-state index in [9.17, 15) is 18.0 Å². The summed E-state index contributed by atoms with van der Waals surface area (Å²) in [6.45, 7) is -0.116. The van der Waals surface area contributed by atoms with Crippen LogP contribution >= 0.6 is 0 Å². The van der Waals surface area contributed by atoms with Gasteiger partial charge in [0.05, 0.1) is 30.3 Å². The number of hydrogen-bond acceptors (Lipinski definition) is 6. The molecule has 1 atom stereocenters. The number of carbonyl (C=O) groups is 1. The largest absolute Gasteiger partial charge is 0.292 e. The minimum Gasteiger partial charge on any atom is -0.292 e. The van der Waals surface area contributed by atoms with E-state index >= 15 is 0 Å². The second kappa shape index (κ2) is 6.17. The molecule has 1 fully saturated rings. The first-order valence-corrected chi connectivity index (χ1v) is 9.98. The Kier molecular flexibility index (Phi) is 3.95. The van der Waals surface area contributed by atoms with Crippen LogP contribution in [-0.4, -0.2) is 45.0 Å². The third kappa shape index (κ3) is 2.94. The van der Waals surface area contributed by atoms with Gasteiger partial charge in [0, 0.05) is 5.56 Å². The summed E-state index contributed by atoms with van der Waals surface area (Å²) >= 11 is 0. The number of Topliss-reactive ketones (excluding diaryl/α,β-unsaturated/α-hetero) is 1. The molecule has 0 radical (unpaired) electrons. The molecule has 9 heteroatoms. The maximum absolute atomic E-state index is 12.6. The number of sulfone groups is 1. The maximum atomic E-state index is 12.6. The number of ketones is 1. The summed E-state index contributed by atoms with van der Waals surface area (Å²) < 4.78 is 26.1. The van der Waals surface area contributed by atoms with E-state index in [1.807, 2.05) is 6.07 Å². The molecule has 26 heavy (non-hydrogen) atoms. The number of benzene rings is 1. The second-order valence-corrected chi connectivity index (χ2v) is 8.58. The first-order chi connectivity index (χ1) is 12.4. The van der Waals surface area contributed by atoms with Gasteiger partial charge in [-0.2, -0.15) is 5.10 Å². The highest BCUT2D eigenvalue weighted by molar-refractivity contribution is 7.91. The SMILES string of the molecule is O=C(Cn1cnc2c(cnn2C2CCS(=O)(=O)C2)c1=O)c1ccccc1. The first-order valence-electron chi connectivity index (χ1n) is 8.16. The third-order valence-electron chi connectivity index (χ3n) is 4.54. The number of carbonyl (C=O) groups excluding carboxylic acids is 1. The van der Waals surface area contributed by atoms with Crippen molar-refractivity contribution in [1.29, 1.82) is 0 Å². The van der Waals surface area contributed by atoms with Gasteiger partial charge in [-0.3, -0.25) is 14.2 Å². The van der Waals surface area contributed by atoms with Gasteiger partial charge in [0.25, 0.3) is 5.56 Å². The lowest BCUT2D eigenvalue weighted by Gasteiger charge is -2.10. The normalized spacial score (nSPS) is 19.0. The van der Waals surface area contributed by atoms with Crippen molar-refractivity contribution < 1.29 is 13.2 Å². The Morgan fingerprint density at radius 1 is 1.23 bits per heavy atom. The zero-order valence-corrected chi connectivity index (χ0v) is 14.6. The highest BCUT2D eigenvalue weighted by Crippen LogP contribution is 2.25. The van der Waals surface area contributed by atoms with Gasteiger partial charge in [0.2, 0.25) is 0 Å². The van der Waals surface area contributed by atoms with Crippen LogP contribution in [0.1, 0.15) is 22.8 Å². The molecule has 0 N–H and O–H groups in total. The fourth-order valence-electron chi connectivity index (χ4n) is 3.19. The molecule has 1 saturated heterocycles. The van der Waals surface area contributed by atoms with Crippen LogP contribution in [0.5, 0.6) is 0 Å². The summed E-state index contributed by atoms with van der Waals surface area (Å²) in [7, 11) is -3.07. The summed E-state index contributed by atoms with van der Waals surface area (Å²) in [6.07, 6.45) is 3.16. The topological polar surface area (TPSA) is 104 Å². The predicted octanol–water partition coefficient (Wildman–Crippen LogP) is 0.835. The number of rotatable bonds is 4. The molecule has 1 aliphatic heterocycles. The minimum atomic E-state index is -3.07. The highest BCUT2D eigenvalue weighted by Gasteiger charge is 2.31. The van der Waals surface area contributed by atoms with E-state index in [0.29, 0.717) is 17.6 Å². The zero-order chi connectivity index (χ0) is 18.3. The Morgan fingerprint density at radius 2 is 2.00 bits per heavy atom. The van der Waals surface area contributed by atoms with E-state index < -0.39 is 9.84 Å². The molecule has 8 nitrogen and oxygen atoms in total. The molecule has 0 amide bonds. The minimum absolute atomic E-state index is 0.00103. The van der Waals surface area contributed by atoms with Crippen LogP contribution in [0.4, 0.5) is 0 Å². The molecule has 3 aromatic rings. The molecule has 134 valence electrons. The Labute approximate surface area is 149 Å². The Bertz CT molecular complexity index is 1150. The number of aromatic nitrogens is 4. The first kappa shape index (κ1) is 16.6. The molecule has 1 aliphatic rings. The van der Waals surface area contributed by atoms with E-state index in [4.69, 9.17) is 0 Å². The second-order valence-electron chi connectivity index (χ2n) is 6.35. The molecular weight excluding hydrogens is 356 g/mol. The van der Waals surface area contributed by atoms with E-state index in [1.165, 1.54) is 21.8 Å². The lowest BCUT2D eigenvalue weighted by molar-refractivity contribution is 0.0970. The van der Waals surface area contributed by atoms with Gasteiger partial charge in [-0.25, -0.2) is 18.1 Å². The van der Waals surface area contributed by atoms with Crippen LogP contribution in [0.15, 0.2) is 47.7 Å². The van der Waals surface area contributed by atoms with Crippen LogP contribution in [-0.2, 0) is 16.4 Å². The van der Waals surface area contributed by atoms with Crippen LogP contribution in [0.3, 0.4) is 0 Å². The van der Waals surface area contributed by atoms with Gasteiger partial charge in [0.1, 0.15) is 11.7 Å². The van der Waals surface area contributed by atoms with Gasteiger partial charge in [-0.1, -0.05) is 30.3 Å². The van der Waals surface area contributed by atoms with Crippen LogP contribution < -0.4 is 5.56 Å². The van der Waals surface area contributed by atoms with Crippen molar-refractivity contribution in [3.8, 4) is 0 Å². The maximum Gasteiger partial charge on any atom is 0.264 e. The number of hydrogen-bond donors (Lipinski definition) is 0. The van der Waals surface area contributed by atoms with Gasteiger partial charge in [-0.15, -0.1) is 0 Å². The van der Waals surface area contributed by atoms with Gasteiger partial charge in [-0.05, 0) is 6.42 Å². The molecule has 0 aliphatic carbocycles. The van der Waals surface area contributed by atoms with Crippen molar-refractivity contribution in [2.24, 2.45) is 0 Å². The van der Waals surface area contributed by atoms with Gasteiger partial charge >= 0.3 is 0 Å². The molecule has 3 heterocycles. The highest BCUT2D eigenvalue weighted by atomic mass is 32.2. The van der Waals surface area contributed by atoms with Crippen molar-refractivity contribution in [3.63, 3.8) is 0 Å². The molecular formula is C17H16N4O4S. The van der Waals surface area contributed by atoms with Gasteiger partial charge in [0.15, 0.2) is 21.3 Å². The van der Waals surface area contributed by atoms with E-state index in [1.54, 1.807) is 24.3 Å². The lowest BCUT2D eigenvalue weighted by Crippen LogP contribution is -2.25. The van der Waals surface area contributed by atoms with Crippen molar-refractivity contribution >= 4 is 26.7 Å². The molecule has 0 bridgehead atoms. The summed E-state index contributed by atoms with van der Waals surface area (Å²) in [4.78, 5) is 29.2. The molecule has 2 aromatic heterocycles. The zero-order valence-electron chi connectivity index (χ0n) is 13.8. The average molecular weight is 372 g/mol. The van der Waals surface area contributed by atoms with Crippen molar-refractivity contribution in [2.75, 3.05) is 11.5 Å². The van der Waals surface area contributed by atoms with E-state index in [2.05, 4.69) is 10.1 Å². The fraction of sp³-hybridized carbons (Fsp3) is 0.294. The number of fused-ring (bicyclic) bond motifs is 1. The number of nitrogens with zero attached hydrogens (tertiary/aromatic N) is 4. The van der Waals surface area contributed by atoms with Gasteiger partial charge < -0.3 is 0 Å². The fourth-order valence-corrected chi connectivity index (χ4v) is 4.88. The molecule has 0 saturated carbocycles. The lowest BCUT2D eigenvalue weighted by atomic mass is 10.1. The summed E-state index contributed by atoms with van der Waals surface area (Å²) in [5, 5.41) is 4.45. The smallest absolute Gasteiger partial charge is 0.264 e. The average Bonchev–Trinajstić information content (AvgIpc) is 3.21. The Balaban J connectivity index is 1.66. The van der Waals surface area contributed by atoms with Crippen molar-refractivity contribution in [3.05, 3.63) is 58.8 Å². The quantitative estimate of drug-likeness (QED) is 0.629. The van der Waals surface area contributed by atoms with Crippen molar-refractivity contribution in [2.45, 2.75) is 19.0 Å². The standard InChI is InChI=1S/C17H16N4O4S/c22-15(12-4-2-1-3-5-12)9-20-11-18-16-14(17(20)23)8-19-21(16)13-6-7-26(24,25)10-13/h1-5,8,11,13H,6-7,9-10H2. The monoisotopic (exact) mass is 372 g/mol. The van der Waals surface area contributed by atoms with Crippen LogP contribution in [0.2, 0.25) is 0 Å². The molecule has 4 rings (SSSR count). The summed E-state index contributed by atoms with van der Waals surface area (Å²) in [6, 6.07) is 8.41. The summed E-state index contributed by atoms with van der Waals surface area (Å²) in [5.41, 5.74) is 0.498. The Hall–Kier alpha value is -2.81. The molecule has 1 unspecified atom stereocenters. The van der Waals surface area contributed by atoms with Crippen molar-refractivity contribution in [1.82, 2.24) is 19.3 Å². The predicted molar refractivity (Wildman–Crippen MR) is 94.9 cm³/mol. The summed E-state index contributed by atoms with van der Waals surface area (Å²) in [5.74, 6) is -0.0778. The van der Waals surface area contributed by atoms with Crippen LogP contribution in [0.25, 0.3) is 11.0 Å². The molecule has 0 spiro atoms. The van der Waals surface area contributed by atoms with Crippen LogP contribution in [0, 0.1) is 0 Å². The Morgan fingerprint density at radius 3 is 2.69 bits per heavy atom.